The van der Waals surface area contributed by atoms with E-state index in [0.717, 1.165) is 19.1 Å². The van der Waals surface area contributed by atoms with Crippen molar-refractivity contribution >= 4 is 29.9 Å². The first kappa shape index (κ1) is 23.2. The lowest BCUT2D eigenvalue weighted by molar-refractivity contribution is 0.0453. The van der Waals surface area contributed by atoms with E-state index in [1.807, 2.05) is 14.0 Å². The minimum absolute atomic E-state index is 0. The Morgan fingerprint density at radius 3 is 2.58 bits per heavy atom. The molecule has 5 nitrogen and oxygen atoms in total. The molecular weight excluding hydrogens is 441 g/mol. The number of rotatable bonds is 9. The average molecular weight is 475 g/mol. The van der Waals surface area contributed by atoms with Gasteiger partial charge in [-0.2, -0.15) is 0 Å². The van der Waals surface area contributed by atoms with Gasteiger partial charge in [0.05, 0.1) is 19.8 Å². The van der Waals surface area contributed by atoms with Gasteiger partial charge in [-0.3, -0.25) is 4.99 Å². The Labute approximate surface area is 175 Å². The fourth-order valence-corrected chi connectivity index (χ4v) is 3.10. The maximum absolute atomic E-state index is 5.64. The van der Waals surface area contributed by atoms with Crippen molar-refractivity contribution in [3.8, 4) is 0 Å². The minimum atomic E-state index is 0. The first-order valence-electron chi connectivity index (χ1n) is 9.52. The Bertz CT molecular complexity index is 520. The standard InChI is InChI=1S/C20H33N3O2.HI/c1-3-24-12-13-25-16-18-9-7-8-17(14-18)15-22-20(21-2)23-19-10-5-4-6-11-19;/h7-9,14,19H,3-6,10-13,15-16H2,1-2H3,(H2,21,22,23);1H. The van der Waals surface area contributed by atoms with Gasteiger partial charge < -0.3 is 20.1 Å². The summed E-state index contributed by atoms with van der Waals surface area (Å²) in [5.74, 6) is 0.894. The van der Waals surface area contributed by atoms with Gasteiger partial charge in [-0.25, -0.2) is 0 Å². The molecule has 0 aromatic heterocycles. The van der Waals surface area contributed by atoms with Crippen LogP contribution in [0, 0.1) is 0 Å². The SMILES string of the molecule is CCOCCOCc1cccc(CNC(=NC)NC2CCCCC2)c1.I. The number of hydrogen-bond acceptors (Lipinski definition) is 3. The van der Waals surface area contributed by atoms with Crippen LogP contribution in [-0.2, 0) is 22.6 Å². The number of ether oxygens (including phenoxy) is 2. The Kier molecular flexibility index (Phi) is 12.7. The molecule has 1 saturated carbocycles. The van der Waals surface area contributed by atoms with Gasteiger partial charge in [0, 0.05) is 26.2 Å². The van der Waals surface area contributed by atoms with E-state index in [9.17, 15) is 0 Å². The molecule has 6 heteroatoms. The molecular formula is C20H34IN3O2. The molecule has 2 N–H and O–H groups in total. The Hall–Kier alpha value is -0.860. The van der Waals surface area contributed by atoms with Gasteiger partial charge in [-0.15, -0.1) is 24.0 Å². The van der Waals surface area contributed by atoms with Crippen LogP contribution >= 0.6 is 24.0 Å². The first-order valence-corrected chi connectivity index (χ1v) is 9.52. The lowest BCUT2D eigenvalue weighted by atomic mass is 9.96. The normalized spacial score (nSPS) is 15.4. The van der Waals surface area contributed by atoms with Gasteiger partial charge in [0.15, 0.2) is 5.96 Å². The van der Waals surface area contributed by atoms with E-state index in [1.54, 1.807) is 0 Å². The molecule has 1 fully saturated rings. The molecule has 148 valence electrons. The second-order valence-electron chi connectivity index (χ2n) is 6.47. The number of halogens is 1. The van der Waals surface area contributed by atoms with E-state index >= 15 is 0 Å². The third kappa shape index (κ3) is 9.19. The van der Waals surface area contributed by atoms with Crippen LogP contribution in [0.2, 0.25) is 0 Å². The monoisotopic (exact) mass is 475 g/mol. The van der Waals surface area contributed by atoms with Crippen molar-refractivity contribution in [2.24, 2.45) is 4.99 Å². The lowest BCUT2D eigenvalue weighted by Crippen LogP contribution is -2.43. The minimum Gasteiger partial charge on any atom is -0.379 e. The van der Waals surface area contributed by atoms with Crippen molar-refractivity contribution in [2.75, 3.05) is 26.9 Å². The van der Waals surface area contributed by atoms with E-state index in [1.165, 1.54) is 43.2 Å². The maximum atomic E-state index is 5.64. The summed E-state index contributed by atoms with van der Waals surface area (Å²) >= 11 is 0. The molecule has 0 unspecified atom stereocenters. The van der Waals surface area contributed by atoms with Gasteiger partial charge >= 0.3 is 0 Å². The van der Waals surface area contributed by atoms with Crippen LogP contribution in [-0.4, -0.2) is 38.9 Å². The second-order valence-corrected chi connectivity index (χ2v) is 6.47. The summed E-state index contributed by atoms with van der Waals surface area (Å²) in [6.45, 7) is 5.40. The smallest absolute Gasteiger partial charge is 0.191 e. The molecule has 0 spiro atoms. The van der Waals surface area contributed by atoms with Gasteiger partial charge in [0.25, 0.3) is 0 Å². The van der Waals surface area contributed by atoms with Crippen molar-refractivity contribution in [1.82, 2.24) is 10.6 Å². The first-order chi connectivity index (χ1) is 12.3. The van der Waals surface area contributed by atoms with Crippen molar-refractivity contribution in [3.63, 3.8) is 0 Å². The number of aliphatic imine (C=N–C) groups is 1. The third-order valence-corrected chi connectivity index (χ3v) is 4.47. The molecule has 0 heterocycles. The van der Waals surface area contributed by atoms with Crippen molar-refractivity contribution < 1.29 is 9.47 Å². The molecule has 1 aliphatic rings. The summed E-state index contributed by atoms with van der Waals surface area (Å²) in [5.41, 5.74) is 2.42. The summed E-state index contributed by atoms with van der Waals surface area (Å²) in [5, 5.41) is 6.97. The van der Waals surface area contributed by atoms with Crippen LogP contribution in [0.15, 0.2) is 29.3 Å². The summed E-state index contributed by atoms with van der Waals surface area (Å²) in [6.07, 6.45) is 6.49. The van der Waals surface area contributed by atoms with Crippen molar-refractivity contribution in [3.05, 3.63) is 35.4 Å². The fraction of sp³-hybridized carbons (Fsp3) is 0.650. The number of guanidine groups is 1. The van der Waals surface area contributed by atoms with Gasteiger partial charge in [-0.05, 0) is 30.9 Å². The number of nitrogens with one attached hydrogen (secondary N) is 2. The molecule has 0 bridgehead atoms. The van der Waals surface area contributed by atoms with Crippen LogP contribution < -0.4 is 10.6 Å². The van der Waals surface area contributed by atoms with Crippen molar-refractivity contribution in [1.29, 1.82) is 0 Å². The van der Waals surface area contributed by atoms with E-state index < -0.39 is 0 Å². The predicted molar refractivity (Wildman–Crippen MR) is 118 cm³/mol. The van der Waals surface area contributed by atoms with Crippen molar-refractivity contribution in [2.45, 2.75) is 58.2 Å². The highest BCUT2D eigenvalue weighted by Gasteiger charge is 2.14. The molecule has 0 radical (unpaired) electrons. The molecule has 26 heavy (non-hydrogen) atoms. The highest BCUT2D eigenvalue weighted by atomic mass is 127. The molecule has 0 aliphatic heterocycles. The van der Waals surface area contributed by atoms with Gasteiger partial charge in [-0.1, -0.05) is 43.5 Å². The second kappa shape index (κ2) is 14.2. The van der Waals surface area contributed by atoms with Crippen LogP contribution in [0.1, 0.15) is 50.2 Å². The largest absolute Gasteiger partial charge is 0.379 e. The molecule has 0 atom stereocenters. The molecule has 1 aromatic carbocycles. The van der Waals surface area contributed by atoms with E-state index in [-0.39, 0.29) is 24.0 Å². The zero-order valence-electron chi connectivity index (χ0n) is 16.1. The highest BCUT2D eigenvalue weighted by molar-refractivity contribution is 14.0. The molecule has 1 aliphatic carbocycles. The molecule has 1 aromatic rings. The average Bonchev–Trinajstić information content (AvgIpc) is 2.66. The van der Waals surface area contributed by atoms with Gasteiger partial charge in [0.1, 0.15) is 0 Å². The van der Waals surface area contributed by atoms with E-state index in [0.29, 0.717) is 25.9 Å². The van der Waals surface area contributed by atoms with E-state index in [2.05, 4.69) is 39.9 Å². The molecule has 0 saturated heterocycles. The predicted octanol–water partition coefficient (Wildman–Crippen LogP) is 3.86. The number of nitrogens with zero attached hydrogens (tertiary/aromatic N) is 1. The fourth-order valence-electron chi connectivity index (χ4n) is 3.10. The van der Waals surface area contributed by atoms with Crippen LogP contribution in [0.25, 0.3) is 0 Å². The van der Waals surface area contributed by atoms with E-state index in [4.69, 9.17) is 9.47 Å². The summed E-state index contributed by atoms with van der Waals surface area (Å²) in [7, 11) is 1.83. The maximum Gasteiger partial charge on any atom is 0.191 e. The Morgan fingerprint density at radius 2 is 1.85 bits per heavy atom. The molecule has 0 amide bonds. The Balaban J connectivity index is 0.00000338. The number of benzene rings is 1. The highest BCUT2D eigenvalue weighted by Crippen LogP contribution is 2.17. The number of hydrogen-bond donors (Lipinski definition) is 2. The quantitative estimate of drug-likeness (QED) is 0.247. The van der Waals surface area contributed by atoms with Crippen LogP contribution in [0.3, 0.4) is 0 Å². The zero-order valence-corrected chi connectivity index (χ0v) is 18.5. The molecule has 2 rings (SSSR count). The topological polar surface area (TPSA) is 54.9 Å². The van der Waals surface area contributed by atoms with Crippen LogP contribution in [0.4, 0.5) is 0 Å². The zero-order chi connectivity index (χ0) is 17.7. The summed E-state index contributed by atoms with van der Waals surface area (Å²) in [6, 6.07) is 9.05. The van der Waals surface area contributed by atoms with Crippen LogP contribution in [0.5, 0.6) is 0 Å². The summed E-state index contributed by atoms with van der Waals surface area (Å²) in [4.78, 5) is 4.35. The summed E-state index contributed by atoms with van der Waals surface area (Å²) < 4.78 is 10.9. The lowest BCUT2D eigenvalue weighted by Gasteiger charge is -2.25. The Morgan fingerprint density at radius 1 is 1.12 bits per heavy atom. The third-order valence-electron chi connectivity index (χ3n) is 4.47. The van der Waals surface area contributed by atoms with Gasteiger partial charge in [0.2, 0.25) is 0 Å².